The third-order valence-electron chi connectivity index (χ3n) is 0.429. The molecule has 0 saturated heterocycles. The van der Waals surface area contributed by atoms with E-state index in [-0.39, 0.29) is 0 Å². The highest BCUT2D eigenvalue weighted by Crippen LogP contribution is 1.74. The van der Waals surface area contributed by atoms with Gasteiger partial charge in [0, 0.05) is 6.21 Å². The molecule has 0 aromatic carbocycles. The molecule has 1 amide bonds. The fraction of sp³-hybridized carbons (Fsp3) is 0.250. The molecule has 0 bridgehead atoms. The van der Waals surface area contributed by atoms with Gasteiger partial charge in [-0.1, -0.05) is 0 Å². The van der Waals surface area contributed by atoms with Gasteiger partial charge in [-0.15, -0.1) is 0 Å². The van der Waals surface area contributed by atoms with E-state index < -0.39 is 6.09 Å². The van der Waals surface area contributed by atoms with Crippen molar-refractivity contribution in [1.82, 2.24) is 0 Å². The van der Waals surface area contributed by atoms with Crippen LogP contribution in [0.2, 0.25) is 0 Å². The third kappa shape index (κ3) is 3.02. The fourth-order valence-electron chi connectivity index (χ4n) is 0.151. The molecule has 0 spiro atoms. The summed E-state index contributed by atoms with van der Waals surface area (Å²) >= 11 is 0. The summed E-state index contributed by atoms with van der Waals surface area (Å²) in [5.41, 5.74) is 0. The lowest BCUT2D eigenvalue weighted by Crippen LogP contribution is -1.92. The number of carbonyl (C=O) groups is 1. The summed E-state index contributed by atoms with van der Waals surface area (Å²) in [7, 11) is 1.23. The Bertz CT molecular complexity index is 119. The number of amides is 1. The van der Waals surface area contributed by atoms with E-state index in [4.69, 9.17) is 5.41 Å². The van der Waals surface area contributed by atoms with Crippen molar-refractivity contribution in [2.45, 2.75) is 0 Å². The first kappa shape index (κ1) is 6.81. The summed E-state index contributed by atoms with van der Waals surface area (Å²) < 4.78 is 4.11. The molecule has 0 heterocycles. The Morgan fingerprint density at radius 3 is 2.88 bits per heavy atom. The largest absolute Gasteiger partial charge is 0.451 e. The number of nitrogens with one attached hydrogen (secondary N) is 1. The Balaban J connectivity index is 3.52. The Labute approximate surface area is 46.7 Å². The molecule has 44 valence electrons. The zero-order chi connectivity index (χ0) is 6.41. The topological polar surface area (TPSA) is 62.5 Å². The van der Waals surface area contributed by atoms with Gasteiger partial charge >= 0.3 is 6.09 Å². The van der Waals surface area contributed by atoms with Crippen molar-refractivity contribution in [3.63, 3.8) is 0 Å². The van der Waals surface area contributed by atoms with E-state index in [9.17, 15) is 4.79 Å². The van der Waals surface area contributed by atoms with E-state index in [0.717, 1.165) is 12.4 Å². The average molecular weight is 114 g/mol. The van der Waals surface area contributed by atoms with E-state index in [0.29, 0.717) is 0 Å². The third-order valence-corrected chi connectivity index (χ3v) is 0.429. The average Bonchev–Trinajstić information content (AvgIpc) is 1.83. The van der Waals surface area contributed by atoms with Gasteiger partial charge in [0.1, 0.15) is 0 Å². The van der Waals surface area contributed by atoms with Gasteiger partial charge in [-0.3, -0.25) is 0 Å². The minimum atomic E-state index is -0.687. The molecule has 4 heteroatoms. The molecule has 0 aliphatic rings. The first-order valence-corrected chi connectivity index (χ1v) is 1.92. The number of methoxy groups -OCH3 is 1. The second-order valence-corrected chi connectivity index (χ2v) is 0.915. The summed E-state index contributed by atoms with van der Waals surface area (Å²) in [5, 5.41) is 6.39. The quantitative estimate of drug-likeness (QED) is 0.504. The second-order valence-electron chi connectivity index (χ2n) is 0.915. The zero-order valence-corrected chi connectivity index (χ0v) is 4.42. The fourth-order valence-corrected chi connectivity index (χ4v) is 0.151. The van der Waals surface area contributed by atoms with Gasteiger partial charge in [-0.05, 0) is 0 Å². The van der Waals surface area contributed by atoms with E-state index in [1.807, 2.05) is 0 Å². The first-order chi connectivity index (χ1) is 3.81. The summed E-state index contributed by atoms with van der Waals surface area (Å²) in [6.45, 7) is 0. The summed E-state index contributed by atoms with van der Waals surface area (Å²) in [5.74, 6) is 0. The van der Waals surface area contributed by atoms with Crippen LogP contribution in [0.5, 0.6) is 0 Å². The van der Waals surface area contributed by atoms with E-state index in [2.05, 4.69) is 9.73 Å². The van der Waals surface area contributed by atoms with Crippen LogP contribution in [0.25, 0.3) is 0 Å². The molecule has 0 rings (SSSR count). The van der Waals surface area contributed by atoms with Crippen LogP contribution in [0.4, 0.5) is 4.79 Å². The predicted molar refractivity (Wildman–Crippen MR) is 29.7 cm³/mol. The zero-order valence-electron chi connectivity index (χ0n) is 4.42. The number of hydrogen-bond acceptors (Lipinski definition) is 3. The molecule has 0 fully saturated rings. The Morgan fingerprint density at radius 1 is 1.88 bits per heavy atom. The molecule has 0 unspecified atom stereocenters. The van der Waals surface area contributed by atoms with Gasteiger partial charge in [0.2, 0.25) is 0 Å². The Kier molecular flexibility index (Phi) is 3.39. The Morgan fingerprint density at radius 2 is 2.50 bits per heavy atom. The monoisotopic (exact) mass is 114 g/mol. The van der Waals surface area contributed by atoms with Gasteiger partial charge in [-0.25, -0.2) is 4.79 Å². The number of nitrogens with zero attached hydrogens (tertiary/aromatic N) is 1. The van der Waals surface area contributed by atoms with Crippen LogP contribution < -0.4 is 0 Å². The van der Waals surface area contributed by atoms with Crippen LogP contribution in [-0.4, -0.2) is 25.6 Å². The van der Waals surface area contributed by atoms with Crippen LogP contribution in [0.1, 0.15) is 0 Å². The molecule has 1 N–H and O–H groups in total. The van der Waals surface area contributed by atoms with Crippen molar-refractivity contribution < 1.29 is 9.53 Å². The normalized spacial score (nSPS) is 9.12. The maximum atomic E-state index is 10.0. The van der Waals surface area contributed by atoms with Crippen LogP contribution in [0.3, 0.4) is 0 Å². The van der Waals surface area contributed by atoms with Crippen LogP contribution in [0.15, 0.2) is 4.99 Å². The molecule has 0 saturated carbocycles. The number of ether oxygens (including phenoxy) is 1. The highest BCUT2D eigenvalue weighted by molar-refractivity contribution is 6.16. The molecule has 0 aromatic rings. The minimum Gasteiger partial charge on any atom is -0.451 e. The lowest BCUT2D eigenvalue weighted by Gasteiger charge is -1.83. The smallest absolute Gasteiger partial charge is 0.433 e. The van der Waals surface area contributed by atoms with Crippen molar-refractivity contribution >= 4 is 18.5 Å². The molecule has 0 aliphatic heterocycles. The van der Waals surface area contributed by atoms with Gasteiger partial charge in [-0.2, -0.15) is 4.99 Å². The standard InChI is InChI=1S/C4H6N2O2/c1-8-4(7)6-3-2-5/h2-3,5H,1H3. The Hall–Kier alpha value is -1.19. The van der Waals surface area contributed by atoms with Crippen LogP contribution in [0, 0.1) is 5.41 Å². The lowest BCUT2D eigenvalue weighted by atomic mass is 10.8. The van der Waals surface area contributed by atoms with E-state index >= 15 is 0 Å². The van der Waals surface area contributed by atoms with Gasteiger partial charge in [0.05, 0.1) is 13.3 Å². The molecule has 8 heavy (non-hydrogen) atoms. The van der Waals surface area contributed by atoms with E-state index in [1.165, 1.54) is 7.11 Å². The van der Waals surface area contributed by atoms with Crippen molar-refractivity contribution in [3.05, 3.63) is 0 Å². The SMILES string of the molecule is COC(=O)N=CC=N. The highest BCUT2D eigenvalue weighted by Gasteiger charge is 1.86. The van der Waals surface area contributed by atoms with Gasteiger partial charge < -0.3 is 10.1 Å². The maximum absolute atomic E-state index is 10.0. The molecule has 0 radical (unpaired) electrons. The van der Waals surface area contributed by atoms with Crippen molar-refractivity contribution in [2.24, 2.45) is 4.99 Å². The van der Waals surface area contributed by atoms with Crippen LogP contribution in [-0.2, 0) is 4.74 Å². The molecule has 0 atom stereocenters. The van der Waals surface area contributed by atoms with Gasteiger partial charge in [0.15, 0.2) is 0 Å². The molecule has 0 aromatic heterocycles. The van der Waals surface area contributed by atoms with Gasteiger partial charge in [0.25, 0.3) is 0 Å². The van der Waals surface area contributed by atoms with Crippen molar-refractivity contribution in [1.29, 1.82) is 5.41 Å². The summed E-state index contributed by atoms with van der Waals surface area (Å²) in [6.07, 6.45) is 1.26. The first-order valence-electron chi connectivity index (χ1n) is 1.92. The molecule has 0 aliphatic carbocycles. The van der Waals surface area contributed by atoms with E-state index in [1.54, 1.807) is 0 Å². The van der Waals surface area contributed by atoms with Crippen LogP contribution >= 0.6 is 0 Å². The molecular weight excluding hydrogens is 108 g/mol. The predicted octanol–water partition coefficient (Wildman–Crippen LogP) is 0.473. The van der Waals surface area contributed by atoms with Crippen molar-refractivity contribution in [3.8, 4) is 0 Å². The highest BCUT2D eigenvalue weighted by atomic mass is 16.5. The number of aliphatic imine (C=N–C) groups is 1. The summed E-state index contributed by atoms with van der Waals surface area (Å²) in [6, 6.07) is 0. The molecular formula is C4H6N2O2. The summed E-state index contributed by atoms with van der Waals surface area (Å²) in [4.78, 5) is 13.2. The number of rotatable bonds is 1. The van der Waals surface area contributed by atoms with Crippen molar-refractivity contribution in [2.75, 3.05) is 7.11 Å². The number of carbonyl (C=O) groups excluding carboxylic acids is 1. The second kappa shape index (κ2) is 3.98. The minimum absolute atomic E-state index is 0.687. The maximum Gasteiger partial charge on any atom is 0.433 e. The number of hydrogen-bond donors (Lipinski definition) is 1. The lowest BCUT2D eigenvalue weighted by molar-refractivity contribution is 0.183. The molecule has 4 nitrogen and oxygen atoms in total.